The van der Waals surface area contributed by atoms with E-state index in [1.165, 1.54) is 24.4 Å². The summed E-state index contributed by atoms with van der Waals surface area (Å²) in [5, 5.41) is 16.2. The summed E-state index contributed by atoms with van der Waals surface area (Å²) in [7, 11) is 0. The van der Waals surface area contributed by atoms with Crippen molar-refractivity contribution in [1.29, 1.82) is 5.26 Å². The first-order valence-corrected chi connectivity index (χ1v) is 12.1. The third-order valence-corrected chi connectivity index (χ3v) is 6.17. The first-order valence-electron chi connectivity index (χ1n) is 12.1. The fourth-order valence-electron chi connectivity index (χ4n) is 4.23. The van der Waals surface area contributed by atoms with Crippen LogP contribution < -0.4 is 15.2 Å². The van der Waals surface area contributed by atoms with Crippen LogP contribution in [-0.2, 0) is 0 Å². The van der Waals surface area contributed by atoms with Crippen molar-refractivity contribution in [2.24, 2.45) is 0 Å². The van der Waals surface area contributed by atoms with Crippen molar-refractivity contribution in [2.75, 3.05) is 31.1 Å². The second-order valence-corrected chi connectivity index (χ2v) is 8.53. The molecule has 0 unspecified atom stereocenters. The van der Waals surface area contributed by atoms with Crippen LogP contribution in [0.25, 0.3) is 10.8 Å². The Bertz CT molecular complexity index is 1740. The van der Waals surface area contributed by atoms with E-state index in [1.807, 2.05) is 11.0 Å². The third-order valence-electron chi connectivity index (χ3n) is 6.17. The zero-order chi connectivity index (χ0) is 28.6. The number of carbonyl (C=O) groups excluding carboxylic acids is 1. The van der Waals surface area contributed by atoms with E-state index in [9.17, 15) is 14.0 Å². The number of aromatic nitrogens is 3. The minimum absolute atomic E-state index is 0.105. The standard InChI is InChI=1S/C28H21FN6O3.C2H2/c1-2-3-18-4-7-21-22(14-18)27(33-32-26(21)36)38-20-6-8-24(29)23(15-20)28(37)35-12-10-34(11-13-35)25-9-5-19(16-30)17-31-25;1-2/h4-9,14-15,17H,10-13H2,1H3,(H,32,36);1-2H. The van der Waals surface area contributed by atoms with Gasteiger partial charge in [-0.3, -0.25) is 9.59 Å². The topological polar surface area (TPSA) is 115 Å². The second-order valence-electron chi connectivity index (χ2n) is 8.53. The number of hydrogen-bond acceptors (Lipinski definition) is 7. The number of hydrogen-bond donors (Lipinski definition) is 1. The average molecular weight is 535 g/mol. The number of H-pyrrole nitrogens is 1. The number of rotatable bonds is 4. The summed E-state index contributed by atoms with van der Waals surface area (Å²) in [6, 6.07) is 14.5. The molecule has 9 nitrogen and oxygen atoms in total. The maximum atomic E-state index is 14.7. The highest BCUT2D eigenvalue weighted by atomic mass is 19.1. The van der Waals surface area contributed by atoms with Crippen molar-refractivity contribution in [3.63, 3.8) is 0 Å². The highest BCUT2D eigenvalue weighted by Crippen LogP contribution is 2.28. The lowest BCUT2D eigenvalue weighted by Gasteiger charge is -2.35. The van der Waals surface area contributed by atoms with Gasteiger partial charge in [-0.05, 0) is 55.5 Å². The summed E-state index contributed by atoms with van der Waals surface area (Å²) in [6.07, 6.45) is 9.51. The van der Waals surface area contributed by atoms with E-state index < -0.39 is 11.7 Å². The van der Waals surface area contributed by atoms with Gasteiger partial charge in [0.2, 0.25) is 5.88 Å². The molecule has 0 atom stereocenters. The predicted octanol–water partition coefficient (Wildman–Crippen LogP) is 3.70. The van der Waals surface area contributed by atoms with Gasteiger partial charge >= 0.3 is 0 Å². The molecule has 0 aliphatic carbocycles. The van der Waals surface area contributed by atoms with E-state index in [0.29, 0.717) is 53.9 Å². The molecule has 3 heterocycles. The average Bonchev–Trinajstić information content (AvgIpc) is 3.00. The lowest BCUT2D eigenvalue weighted by molar-refractivity contribution is 0.0741. The number of nitrogens with zero attached hydrogens (tertiary/aromatic N) is 5. The Morgan fingerprint density at radius 3 is 2.48 bits per heavy atom. The summed E-state index contributed by atoms with van der Waals surface area (Å²) in [4.78, 5) is 33.3. The molecule has 1 N–H and O–H groups in total. The van der Waals surface area contributed by atoms with Crippen LogP contribution in [0.2, 0.25) is 0 Å². The maximum absolute atomic E-state index is 14.7. The molecule has 5 rings (SSSR count). The van der Waals surface area contributed by atoms with E-state index in [0.717, 1.165) is 0 Å². The molecule has 10 heteroatoms. The first-order chi connectivity index (χ1) is 19.5. The summed E-state index contributed by atoms with van der Waals surface area (Å²) >= 11 is 0. The van der Waals surface area contributed by atoms with Gasteiger partial charge in [0.25, 0.3) is 11.5 Å². The number of benzene rings is 2. The number of pyridine rings is 1. The number of ether oxygens (including phenoxy) is 1. The first kappa shape index (κ1) is 27.4. The van der Waals surface area contributed by atoms with E-state index in [1.54, 1.807) is 42.2 Å². The number of amides is 1. The summed E-state index contributed by atoms with van der Waals surface area (Å²) in [6.45, 7) is 3.48. The fraction of sp³-hybridized carbons (Fsp3) is 0.167. The number of aromatic amines is 1. The summed E-state index contributed by atoms with van der Waals surface area (Å²) in [5.74, 6) is 5.63. The smallest absolute Gasteiger partial charge is 0.272 e. The van der Waals surface area contributed by atoms with Crippen LogP contribution in [0.15, 0.2) is 59.5 Å². The molecule has 198 valence electrons. The van der Waals surface area contributed by atoms with Gasteiger partial charge in [0.05, 0.1) is 21.9 Å². The quantitative estimate of drug-likeness (QED) is 0.397. The van der Waals surface area contributed by atoms with Gasteiger partial charge in [0, 0.05) is 37.9 Å². The van der Waals surface area contributed by atoms with Crippen molar-refractivity contribution < 1.29 is 13.9 Å². The molecular weight excluding hydrogens is 511 g/mol. The predicted molar refractivity (Wildman–Crippen MR) is 148 cm³/mol. The molecule has 2 aromatic heterocycles. The molecule has 40 heavy (non-hydrogen) atoms. The van der Waals surface area contributed by atoms with Gasteiger partial charge in [-0.2, -0.15) is 5.26 Å². The minimum Gasteiger partial charge on any atom is -0.437 e. The number of nitrogens with one attached hydrogen (secondary N) is 1. The van der Waals surface area contributed by atoms with E-state index in [-0.39, 0.29) is 22.8 Å². The van der Waals surface area contributed by atoms with Crippen LogP contribution >= 0.6 is 0 Å². The molecular formula is C30H23FN6O3. The van der Waals surface area contributed by atoms with Gasteiger partial charge in [-0.25, -0.2) is 14.5 Å². The molecule has 0 bridgehead atoms. The van der Waals surface area contributed by atoms with Crippen molar-refractivity contribution in [1.82, 2.24) is 20.1 Å². The number of piperazine rings is 1. The lowest BCUT2D eigenvalue weighted by Crippen LogP contribution is -2.49. The van der Waals surface area contributed by atoms with Crippen LogP contribution in [0, 0.1) is 41.8 Å². The molecule has 1 amide bonds. The molecule has 1 fully saturated rings. The highest BCUT2D eigenvalue weighted by Gasteiger charge is 2.25. The Morgan fingerprint density at radius 1 is 1.05 bits per heavy atom. The Labute approximate surface area is 229 Å². The number of terminal acetylenes is 1. The van der Waals surface area contributed by atoms with Crippen molar-refractivity contribution in [2.45, 2.75) is 6.92 Å². The third kappa shape index (κ3) is 5.75. The molecule has 0 spiro atoms. The van der Waals surface area contributed by atoms with Crippen molar-refractivity contribution >= 4 is 22.5 Å². The Hall–Kier alpha value is -5.66. The van der Waals surface area contributed by atoms with Crippen molar-refractivity contribution in [3.05, 3.63) is 87.6 Å². The number of nitriles is 1. The van der Waals surface area contributed by atoms with Gasteiger partial charge in [-0.15, -0.1) is 23.9 Å². The van der Waals surface area contributed by atoms with E-state index in [2.05, 4.69) is 39.9 Å². The number of halogens is 1. The minimum atomic E-state index is -0.668. The Balaban J connectivity index is 0.00000181. The van der Waals surface area contributed by atoms with Crippen LogP contribution in [0.1, 0.15) is 28.4 Å². The zero-order valence-electron chi connectivity index (χ0n) is 21.5. The SMILES string of the molecule is C#C.CC#Cc1ccc2c(=O)[nH]nc(Oc3ccc(F)c(C(=O)N4CCN(c5ccc(C#N)cn5)CC4)c3)c2c1. The largest absolute Gasteiger partial charge is 0.437 e. The summed E-state index contributed by atoms with van der Waals surface area (Å²) in [5.41, 5.74) is 0.648. The van der Waals surface area contributed by atoms with Gasteiger partial charge < -0.3 is 14.5 Å². The number of anilines is 1. The second kappa shape index (κ2) is 12.3. The van der Waals surface area contributed by atoms with Crippen LogP contribution in [-0.4, -0.2) is 52.2 Å². The van der Waals surface area contributed by atoms with E-state index in [4.69, 9.17) is 10.00 Å². The molecule has 1 aliphatic rings. The summed E-state index contributed by atoms with van der Waals surface area (Å²) < 4.78 is 20.6. The fourth-order valence-corrected chi connectivity index (χ4v) is 4.23. The number of fused-ring (bicyclic) bond motifs is 1. The molecule has 0 radical (unpaired) electrons. The maximum Gasteiger partial charge on any atom is 0.272 e. The van der Waals surface area contributed by atoms with Crippen LogP contribution in [0.3, 0.4) is 0 Å². The van der Waals surface area contributed by atoms with Crippen molar-refractivity contribution in [3.8, 4) is 42.4 Å². The molecule has 0 saturated carbocycles. The highest BCUT2D eigenvalue weighted by molar-refractivity contribution is 5.95. The van der Waals surface area contributed by atoms with Crippen LogP contribution in [0.5, 0.6) is 11.6 Å². The Morgan fingerprint density at radius 2 is 1.80 bits per heavy atom. The van der Waals surface area contributed by atoms with Gasteiger partial charge in [0.15, 0.2) is 0 Å². The molecule has 2 aromatic carbocycles. The molecule has 4 aromatic rings. The van der Waals surface area contributed by atoms with E-state index >= 15 is 0 Å². The van der Waals surface area contributed by atoms with Gasteiger partial charge in [-0.1, -0.05) is 5.92 Å². The molecule has 1 aliphatic heterocycles. The monoisotopic (exact) mass is 534 g/mol. The lowest BCUT2D eigenvalue weighted by atomic mass is 10.1. The number of carbonyl (C=O) groups is 1. The Kier molecular flexibility index (Phi) is 8.39. The normalized spacial score (nSPS) is 12.4. The molecule has 1 saturated heterocycles. The zero-order valence-corrected chi connectivity index (χ0v) is 21.5. The van der Waals surface area contributed by atoms with Crippen LogP contribution in [0.4, 0.5) is 10.2 Å². The van der Waals surface area contributed by atoms with Gasteiger partial charge in [0.1, 0.15) is 23.5 Å².